The highest BCUT2D eigenvalue weighted by atomic mass is 35.5. The monoisotopic (exact) mass is 352 g/mol. The van der Waals surface area contributed by atoms with Gasteiger partial charge in [-0.2, -0.15) is 0 Å². The van der Waals surface area contributed by atoms with Crippen molar-refractivity contribution in [2.45, 2.75) is 32.2 Å². The summed E-state index contributed by atoms with van der Waals surface area (Å²) in [5, 5.41) is 1.57. The van der Waals surface area contributed by atoms with E-state index in [2.05, 4.69) is 4.98 Å². The van der Waals surface area contributed by atoms with Gasteiger partial charge in [-0.1, -0.05) is 42.8 Å². The van der Waals surface area contributed by atoms with Gasteiger partial charge in [0.05, 0.1) is 21.8 Å². The Morgan fingerprint density at radius 2 is 1.92 bits per heavy atom. The van der Waals surface area contributed by atoms with E-state index >= 15 is 0 Å². The Labute approximate surface area is 151 Å². The lowest BCUT2D eigenvalue weighted by atomic mass is 9.76. The number of fused-ring (bicyclic) bond motifs is 2. The molecule has 4 rings (SSSR count). The minimum absolute atomic E-state index is 0.000441. The van der Waals surface area contributed by atoms with Crippen molar-refractivity contribution in [3.63, 3.8) is 0 Å². The largest absolute Gasteiger partial charge is 0.277 e. The van der Waals surface area contributed by atoms with Crippen LogP contribution in [-0.2, 0) is 0 Å². The van der Waals surface area contributed by atoms with Crippen molar-refractivity contribution in [3.8, 4) is 0 Å². The van der Waals surface area contributed by atoms with Crippen LogP contribution >= 0.6 is 11.6 Å². The molecule has 2 aromatic carbocycles. The van der Waals surface area contributed by atoms with Crippen LogP contribution < -0.4 is 0 Å². The molecule has 126 valence electrons. The second-order valence-electron chi connectivity index (χ2n) is 7.06. The van der Waals surface area contributed by atoms with Gasteiger partial charge >= 0.3 is 0 Å². The highest BCUT2D eigenvalue weighted by Crippen LogP contribution is 2.40. The van der Waals surface area contributed by atoms with Gasteiger partial charge in [-0.05, 0) is 32.0 Å². The predicted molar refractivity (Wildman–Crippen MR) is 101 cm³/mol. The Hall–Kier alpha value is -2.26. The van der Waals surface area contributed by atoms with E-state index < -0.39 is 0 Å². The maximum Gasteiger partial charge on any atom is 0.127 e. The molecule has 1 atom stereocenters. The Kier molecular flexibility index (Phi) is 3.66. The molecule has 1 aromatic heterocycles. The summed E-state index contributed by atoms with van der Waals surface area (Å²) in [5.74, 6) is -0.173. The topological polar surface area (TPSA) is 25.2 Å². The molecule has 1 aliphatic heterocycles. The molecule has 0 amide bonds. The van der Waals surface area contributed by atoms with Gasteiger partial charge in [-0.15, -0.1) is 0 Å². The van der Waals surface area contributed by atoms with Crippen LogP contribution in [-0.4, -0.2) is 16.2 Å². The molecule has 0 spiro atoms. The lowest BCUT2D eigenvalue weighted by Gasteiger charge is -2.35. The molecule has 0 radical (unpaired) electrons. The lowest BCUT2D eigenvalue weighted by molar-refractivity contribution is 0.417. The van der Waals surface area contributed by atoms with Crippen molar-refractivity contribution in [2.24, 2.45) is 4.99 Å². The fraction of sp³-hybridized carbons (Fsp3) is 0.238. The van der Waals surface area contributed by atoms with Gasteiger partial charge < -0.3 is 0 Å². The van der Waals surface area contributed by atoms with E-state index in [1.165, 1.54) is 6.07 Å². The standard InChI is InChI=1S/C21H18ClFN2/c1-12-19-15(5-4-6-17(19)23)20(25-21(12,2)3)13-7-8-14-16(22)9-10-24-18(14)11-13/h4-12H,1-3H3. The molecule has 2 heterocycles. The fourth-order valence-corrected chi connectivity index (χ4v) is 3.68. The maximum atomic E-state index is 14.6. The first kappa shape index (κ1) is 16.2. The highest BCUT2D eigenvalue weighted by Gasteiger charge is 2.36. The first-order chi connectivity index (χ1) is 11.9. The first-order valence-electron chi connectivity index (χ1n) is 8.32. The SMILES string of the molecule is CC1c2c(F)cccc2C(c2ccc3c(Cl)ccnc3c2)=NC1(C)C. The fourth-order valence-electron chi connectivity index (χ4n) is 3.46. The molecule has 4 heteroatoms. The second kappa shape index (κ2) is 5.63. The molecular formula is C21H18ClFN2. The number of pyridine rings is 1. The van der Waals surface area contributed by atoms with E-state index in [4.69, 9.17) is 16.6 Å². The molecule has 0 N–H and O–H groups in total. The van der Waals surface area contributed by atoms with Crippen LogP contribution in [0.5, 0.6) is 0 Å². The van der Waals surface area contributed by atoms with Crippen molar-refractivity contribution in [1.29, 1.82) is 0 Å². The minimum Gasteiger partial charge on any atom is -0.277 e. The van der Waals surface area contributed by atoms with E-state index in [9.17, 15) is 4.39 Å². The number of halogens is 2. The van der Waals surface area contributed by atoms with Gasteiger partial charge in [0.2, 0.25) is 0 Å². The van der Waals surface area contributed by atoms with E-state index in [0.29, 0.717) is 5.02 Å². The van der Waals surface area contributed by atoms with Crippen LogP contribution in [0.4, 0.5) is 4.39 Å². The number of aliphatic imine (C=N–C) groups is 1. The molecule has 0 saturated heterocycles. The van der Waals surface area contributed by atoms with Crippen molar-refractivity contribution in [2.75, 3.05) is 0 Å². The quantitative estimate of drug-likeness (QED) is 0.546. The zero-order valence-electron chi connectivity index (χ0n) is 14.3. The van der Waals surface area contributed by atoms with Crippen LogP contribution in [0.3, 0.4) is 0 Å². The molecule has 1 aliphatic rings. The van der Waals surface area contributed by atoms with Crippen molar-refractivity contribution in [1.82, 2.24) is 4.98 Å². The smallest absolute Gasteiger partial charge is 0.127 e. The van der Waals surface area contributed by atoms with E-state index in [1.54, 1.807) is 18.3 Å². The number of benzene rings is 2. The first-order valence-corrected chi connectivity index (χ1v) is 8.69. The van der Waals surface area contributed by atoms with Crippen LogP contribution in [0, 0.1) is 5.82 Å². The average Bonchev–Trinajstić information content (AvgIpc) is 2.58. The molecule has 1 unspecified atom stereocenters. The van der Waals surface area contributed by atoms with E-state index in [1.807, 2.05) is 45.0 Å². The predicted octanol–water partition coefficient (Wildman–Crippen LogP) is 5.76. The second-order valence-corrected chi connectivity index (χ2v) is 7.47. The summed E-state index contributed by atoms with van der Waals surface area (Å²) in [6, 6.07) is 12.9. The van der Waals surface area contributed by atoms with Gasteiger partial charge in [-0.3, -0.25) is 9.98 Å². The minimum atomic E-state index is -0.388. The third-order valence-electron chi connectivity index (χ3n) is 5.16. The van der Waals surface area contributed by atoms with Crippen molar-refractivity contribution in [3.05, 3.63) is 76.2 Å². The number of nitrogens with zero attached hydrogens (tertiary/aromatic N) is 2. The van der Waals surface area contributed by atoms with Gasteiger partial charge in [0.25, 0.3) is 0 Å². The number of rotatable bonds is 1. The van der Waals surface area contributed by atoms with Gasteiger partial charge in [0.15, 0.2) is 0 Å². The summed E-state index contributed by atoms with van der Waals surface area (Å²) in [4.78, 5) is 9.38. The summed E-state index contributed by atoms with van der Waals surface area (Å²) >= 11 is 6.24. The van der Waals surface area contributed by atoms with Crippen LogP contribution in [0.2, 0.25) is 5.02 Å². The Morgan fingerprint density at radius 1 is 1.12 bits per heavy atom. The van der Waals surface area contributed by atoms with Crippen molar-refractivity contribution >= 4 is 28.2 Å². The molecule has 3 aromatic rings. The van der Waals surface area contributed by atoms with Crippen LogP contribution in [0.25, 0.3) is 10.9 Å². The summed E-state index contributed by atoms with van der Waals surface area (Å²) in [6.07, 6.45) is 1.69. The lowest BCUT2D eigenvalue weighted by Crippen LogP contribution is -2.33. The zero-order valence-corrected chi connectivity index (χ0v) is 15.1. The third kappa shape index (κ3) is 2.54. The molecule has 0 aliphatic carbocycles. The molecule has 0 bridgehead atoms. The average molecular weight is 353 g/mol. The van der Waals surface area contributed by atoms with Gasteiger partial charge in [0.1, 0.15) is 5.82 Å². The van der Waals surface area contributed by atoms with Gasteiger partial charge in [-0.25, -0.2) is 4.39 Å². The van der Waals surface area contributed by atoms with Crippen LogP contribution in [0.1, 0.15) is 43.4 Å². The Balaban J connectivity index is 1.97. The summed E-state index contributed by atoms with van der Waals surface area (Å²) in [5.41, 5.74) is 3.74. The third-order valence-corrected chi connectivity index (χ3v) is 5.49. The normalized spacial score (nSPS) is 18.8. The molecule has 0 saturated carbocycles. The summed E-state index contributed by atoms with van der Waals surface area (Å²) < 4.78 is 14.6. The molecule has 25 heavy (non-hydrogen) atoms. The molecule has 0 fully saturated rings. The Morgan fingerprint density at radius 3 is 2.72 bits per heavy atom. The summed E-state index contributed by atoms with van der Waals surface area (Å²) in [6.45, 7) is 6.12. The highest BCUT2D eigenvalue weighted by molar-refractivity contribution is 6.35. The van der Waals surface area contributed by atoms with E-state index in [-0.39, 0.29) is 17.3 Å². The zero-order chi connectivity index (χ0) is 17.8. The number of aromatic nitrogens is 1. The number of hydrogen-bond donors (Lipinski definition) is 0. The van der Waals surface area contributed by atoms with E-state index in [0.717, 1.165) is 33.3 Å². The number of hydrogen-bond acceptors (Lipinski definition) is 2. The maximum absolute atomic E-state index is 14.6. The summed E-state index contributed by atoms with van der Waals surface area (Å²) in [7, 11) is 0. The molecule has 2 nitrogen and oxygen atoms in total. The van der Waals surface area contributed by atoms with Crippen molar-refractivity contribution < 1.29 is 4.39 Å². The molecular weight excluding hydrogens is 335 g/mol. The van der Waals surface area contributed by atoms with Crippen LogP contribution in [0.15, 0.2) is 53.7 Å². The van der Waals surface area contributed by atoms with Gasteiger partial charge in [0, 0.05) is 34.2 Å². The Bertz CT molecular complexity index is 1020.